The average molecular weight is 302 g/mol. The molecule has 2 heterocycles. The van der Waals surface area contributed by atoms with Crippen molar-refractivity contribution in [2.75, 3.05) is 0 Å². The van der Waals surface area contributed by atoms with E-state index in [1.165, 1.54) is 12.1 Å². The topological polar surface area (TPSA) is 36.9 Å². The van der Waals surface area contributed by atoms with Crippen LogP contribution in [0.1, 0.15) is 27.7 Å². The maximum Gasteiger partial charge on any atom is 0.586 e. The molecule has 0 spiro atoms. The lowest BCUT2D eigenvalue weighted by atomic mass is 9.78. The zero-order valence-corrected chi connectivity index (χ0v) is 12.0. The van der Waals surface area contributed by atoms with Crippen molar-refractivity contribution in [3.8, 4) is 11.5 Å². The molecule has 2 aliphatic rings. The summed E-state index contributed by atoms with van der Waals surface area (Å²) in [6, 6.07) is 2.50. The largest absolute Gasteiger partial charge is 0.586 e. The molecule has 114 valence electrons. The molecule has 1 saturated heterocycles. The van der Waals surface area contributed by atoms with Crippen LogP contribution in [0.3, 0.4) is 0 Å². The van der Waals surface area contributed by atoms with Crippen LogP contribution in [0, 0.1) is 5.82 Å². The van der Waals surface area contributed by atoms with Crippen molar-refractivity contribution >= 4 is 12.6 Å². The van der Waals surface area contributed by atoms with Gasteiger partial charge in [-0.25, -0.2) is 4.39 Å². The smallest absolute Gasteiger partial charge is 0.399 e. The van der Waals surface area contributed by atoms with Gasteiger partial charge in [-0.3, -0.25) is 0 Å². The monoisotopic (exact) mass is 302 g/mol. The molecule has 4 nitrogen and oxygen atoms in total. The van der Waals surface area contributed by atoms with E-state index in [0.717, 1.165) is 0 Å². The van der Waals surface area contributed by atoms with Crippen molar-refractivity contribution < 1.29 is 32.0 Å². The molecule has 0 aromatic heterocycles. The Hall–Kier alpha value is -1.41. The van der Waals surface area contributed by atoms with Crippen molar-refractivity contribution in [1.29, 1.82) is 0 Å². The van der Waals surface area contributed by atoms with Crippen molar-refractivity contribution in [2.24, 2.45) is 0 Å². The van der Waals surface area contributed by atoms with Gasteiger partial charge in [-0.2, -0.15) is 0 Å². The first-order valence-electron chi connectivity index (χ1n) is 6.46. The lowest BCUT2D eigenvalue weighted by Gasteiger charge is -2.32. The Balaban J connectivity index is 1.97. The van der Waals surface area contributed by atoms with E-state index in [4.69, 9.17) is 9.31 Å². The van der Waals surface area contributed by atoms with E-state index in [0.29, 0.717) is 0 Å². The molecular weight excluding hydrogens is 288 g/mol. The number of benzene rings is 1. The Kier molecular flexibility index (Phi) is 2.82. The number of hydrogen-bond donors (Lipinski definition) is 0. The Morgan fingerprint density at radius 1 is 0.952 bits per heavy atom. The highest BCUT2D eigenvalue weighted by Crippen LogP contribution is 2.43. The van der Waals surface area contributed by atoms with Crippen LogP contribution in [0.5, 0.6) is 11.5 Å². The van der Waals surface area contributed by atoms with Gasteiger partial charge in [0.15, 0.2) is 11.6 Å². The fraction of sp³-hybridized carbons (Fsp3) is 0.538. The second-order valence-electron chi connectivity index (χ2n) is 6.05. The van der Waals surface area contributed by atoms with Crippen molar-refractivity contribution in [3.05, 3.63) is 17.9 Å². The molecule has 0 aliphatic carbocycles. The van der Waals surface area contributed by atoms with E-state index in [1.54, 1.807) is 0 Å². The fourth-order valence-corrected chi connectivity index (χ4v) is 2.15. The molecule has 3 rings (SSSR count). The number of fused-ring (bicyclic) bond motifs is 1. The number of halogens is 3. The first-order valence-corrected chi connectivity index (χ1v) is 6.46. The van der Waals surface area contributed by atoms with Gasteiger partial charge in [0.05, 0.1) is 11.2 Å². The Labute approximate surface area is 120 Å². The summed E-state index contributed by atoms with van der Waals surface area (Å²) in [6.07, 6.45) is -3.86. The Morgan fingerprint density at radius 2 is 1.52 bits per heavy atom. The summed E-state index contributed by atoms with van der Waals surface area (Å²) in [5.41, 5.74) is -1.33. The highest BCUT2D eigenvalue weighted by molar-refractivity contribution is 6.62. The molecule has 1 fully saturated rings. The van der Waals surface area contributed by atoms with Crippen LogP contribution in [0.2, 0.25) is 0 Å². The number of rotatable bonds is 1. The standard InChI is InChI=1S/C13H14BF3O4/c1-11(2)12(3,4)21-14(20-11)7-5-6-8-10(9(7)15)19-13(16,17)18-8/h5-6H,1-4H3. The molecule has 0 radical (unpaired) electrons. The van der Waals surface area contributed by atoms with E-state index in [1.807, 2.05) is 27.7 Å². The third-order valence-corrected chi connectivity index (χ3v) is 4.05. The third kappa shape index (κ3) is 2.17. The van der Waals surface area contributed by atoms with Crippen molar-refractivity contribution in [1.82, 2.24) is 0 Å². The van der Waals surface area contributed by atoms with E-state index in [-0.39, 0.29) is 11.2 Å². The zero-order chi connectivity index (χ0) is 15.6. The van der Waals surface area contributed by atoms with Crippen LogP contribution < -0.4 is 14.9 Å². The number of hydrogen-bond acceptors (Lipinski definition) is 4. The molecule has 8 heteroatoms. The maximum atomic E-state index is 14.4. The van der Waals surface area contributed by atoms with Gasteiger partial charge in [0.25, 0.3) is 0 Å². The lowest BCUT2D eigenvalue weighted by molar-refractivity contribution is -0.287. The van der Waals surface area contributed by atoms with Crippen LogP contribution in [0.15, 0.2) is 12.1 Å². The maximum absolute atomic E-state index is 14.4. The highest BCUT2D eigenvalue weighted by atomic mass is 19.3. The second kappa shape index (κ2) is 4.07. The van der Waals surface area contributed by atoms with Crippen LogP contribution in [0.4, 0.5) is 13.2 Å². The number of ether oxygens (including phenoxy) is 2. The van der Waals surface area contributed by atoms with E-state index < -0.39 is 36.2 Å². The average Bonchev–Trinajstić information content (AvgIpc) is 2.73. The molecule has 0 N–H and O–H groups in total. The molecule has 21 heavy (non-hydrogen) atoms. The molecular formula is C13H14BF3O4. The minimum absolute atomic E-state index is 0.00583. The zero-order valence-electron chi connectivity index (χ0n) is 12.0. The molecule has 0 atom stereocenters. The molecule has 0 saturated carbocycles. The van der Waals surface area contributed by atoms with Gasteiger partial charge in [-0.1, -0.05) is 6.07 Å². The molecule has 1 aromatic carbocycles. The predicted octanol–water partition coefficient (Wildman–Crippen LogP) is 2.45. The van der Waals surface area contributed by atoms with Crippen LogP contribution >= 0.6 is 0 Å². The minimum atomic E-state index is -3.86. The summed E-state index contributed by atoms with van der Waals surface area (Å²) < 4.78 is 60.1. The summed E-state index contributed by atoms with van der Waals surface area (Å²) >= 11 is 0. The quantitative estimate of drug-likeness (QED) is 0.747. The highest BCUT2D eigenvalue weighted by Gasteiger charge is 2.54. The van der Waals surface area contributed by atoms with Gasteiger partial charge in [0.1, 0.15) is 0 Å². The van der Waals surface area contributed by atoms with Crippen LogP contribution in [-0.4, -0.2) is 24.6 Å². The summed E-state index contributed by atoms with van der Waals surface area (Å²) in [5, 5.41) is 0. The first kappa shape index (κ1) is 14.5. The van der Waals surface area contributed by atoms with Gasteiger partial charge in [-0.15, -0.1) is 8.78 Å². The molecule has 0 amide bonds. The van der Waals surface area contributed by atoms with E-state index in [9.17, 15) is 13.2 Å². The first-order chi connectivity index (χ1) is 9.52. The predicted molar refractivity (Wildman–Crippen MR) is 68.3 cm³/mol. The third-order valence-electron chi connectivity index (χ3n) is 4.05. The number of alkyl halides is 2. The van der Waals surface area contributed by atoms with Crippen molar-refractivity contribution in [2.45, 2.75) is 45.2 Å². The van der Waals surface area contributed by atoms with E-state index in [2.05, 4.69) is 9.47 Å². The molecule has 0 bridgehead atoms. The van der Waals surface area contributed by atoms with Crippen LogP contribution in [0.25, 0.3) is 0 Å². The molecule has 0 unspecified atom stereocenters. The van der Waals surface area contributed by atoms with Crippen molar-refractivity contribution in [3.63, 3.8) is 0 Å². The summed E-state index contributed by atoms with van der Waals surface area (Å²) in [7, 11) is -1.00. The normalized spacial score (nSPS) is 24.4. The van der Waals surface area contributed by atoms with Gasteiger partial charge in [-0.05, 0) is 33.8 Å². The van der Waals surface area contributed by atoms with Gasteiger partial charge >= 0.3 is 13.4 Å². The second-order valence-corrected chi connectivity index (χ2v) is 6.05. The van der Waals surface area contributed by atoms with Gasteiger partial charge in [0.2, 0.25) is 5.75 Å². The fourth-order valence-electron chi connectivity index (χ4n) is 2.15. The lowest BCUT2D eigenvalue weighted by Crippen LogP contribution is -2.41. The summed E-state index contributed by atoms with van der Waals surface area (Å²) in [5.74, 6) is -1.95. The molecule has 2 aliphatic heterocycles. The van der Waals surface area contributed by atoms with Gasteiger partial charge in [0, 0.05) is 5.46 Å². The molecule has 1 aromatic rings. The van der Waals surface area contributed by atoms with E-state index >= 15 is 0 Å². The Morgan fingerprint density at radius 3 is 2.10 bits per heavy atom. The van der Waals surface area contributed by atoms with Gasteiger partial charge < -0.3 is 18.8 Å². The summed E-state index contributed by atoms with van der Waals surface area (Å²) in [4.78, 5) is 0. The SMILES string of the molecule is CC1(C)OB(c2ccc3c(c2F)OC(F)(F)O3)OC1(C)C. The summed E-state index contributed by atoms with van der Waals surface area (Å²) in [6.45, 7) is 7.25. The Bertz CT molecular complexity index is 587. The minimum Gasteiger partial charge on any atom is -0.399 e. The van der Waals surface area contributed by atoms with Crippen LogP contribution in [-0.2, 0) is 9.31 Å².